The molecule has 0 unspecified atom stereocenters. The third-order valence-electron chi connectivity index (χ3n) is 2.39. The Labute approximate surface area is 87.3 Å². The van der Waals surface area contributed by atoms with Crippen LogP contribution < -0.4 is 4.90 Å². The van der Waals surface area contributed by atoms with Gasteiger partial charge in [-0.3, -0.25) is 4.63 Å². The molecule has 5 heteroatoms. The van der Waals surface area contributed by atoms with Crippen molar-refractivity contribution in [3.63, 3.8) is 0 Å². The maximum absolute atomic E-state index is 11.2. The molecule has 15 heavy (non-hydrogen) atoms. The zero-order valence-corrected chi connectivity index (χ0v) is 8.86. The zero-order chi connectivity index (χ0) is 10.8. The lowest BCUT2D eigenvalue weighted by molar-refractivity contribution is -0.782. The number of hydrogen-bond donors (Lipinski definition) is 0. The molecule has 0 aliphatic heterocycles. The molecule has 2 aromatic heterocycles. The van der Waals surface area contributed by atoms with E-state index in [1.165, 1.54) is 0 Å². The summed E-state index contributed by atoms with van der Waals surface area (Å²) in [5.74, 6) is 0. The number of pyridine rings is 1. The topological polar surface area (TPSA) is 65.9 Å². The lowest BCUT2D eigenvalue weighted by Crippen LogP contribution is -2.23. The van der Waals surface area contributed by atoms with Gasteiger partial charge in [0.1, 0.15) is 0 Å². The summed E-state index contributed by atoms with van der Waals surface area (Å²) in [5.41, 5.74) is 2.66. The summed E-state index contributed by atoms with van der Waals surface area (Å²) < 4.78 is 4.50. The number of fused-ring (bicyclic) bond motifs is 1. The molecule has 0 saturated heterocycles. The highest BCUT2D eigenvalue weighted by Gasteiger charge is 2.14. The van der Waals surface area contributed by atoms with Gasteiger partial charge >= 0.3 is 5.65 Å². The van der Waals surface area contributed by atoms with E-state index in [1.54, 1.807) is 0 Å². The Hall–Kier alpha value is -1.65. The monoisotopic (exact) mass is 207 g/mol. The molecule has 0 aliphatic carbocycles. The smallest absolute Gasteiger partial charge is 0.341 e. The summed E-state index contributed by atoms with van der Waals surface area (Å²) in [4.78, 5) is 4.67. The van der Waals surface area contributed by atoms with Crippen LogP contribution in [0.2, 0.25) is 0 Å². The van der Waals surface area contributed by atoms with Gasteiger partial charge in [-0.25, -0.2) is 4.98 Å². The molecule has 0 amide bonds. The second-order valence-corrected chi connectivity index (χ2v) is 3.64. The number of unbranched alkanes of at least 4 members (excludes halogenated alkanes) is 1. The van der Waals surface area contributed by atoms with E-state index in [0.717, 1.165) is 30.5 Å². The van der Waals surface area contributed by atoms with Crippen LogP contribution in [0.4, 0.5) is 0 Å². The first-order valence-electron chi connectivity index (χ1n) is 5.08. The molecular formula is C10H13N3O2. The second-order valence-electron chi connectivity index (χ2n) is 3.64. The SMILES string of the molecule is CCCCc1cc(C)c2c(no[n+]2[O-])n1. The predicted octanol–water partition coefficient (Wildman–Crippen LogP) is 1.51. The van der Waals surface area contributed by atoms with E-state index < -0.39 is 0 Å². The number of aromatic nitrogens is 3. The van der Waals surface area contributed by atoms with Gasteiger partial charge in [0.2, 0.25) is 5.52 Å². The van der Waals surface area contributed by atoms with Gasteiger partial charge in [-0.05, 0) is 30.7 Å². The number of aryl methyl sites for hydroxylation is 2. The fraction of sp³-hybridized carbons (Fsp3) is 0.500. The fourth-order valence-electron chi connectivity index (χ4n) is 1.61. The molecule has 5 nitrogen and oxygen atoms in total. The summed E-state index contributed by atoms with van der Waals surface area (Å²) in [6.07, 6.45) is 3.13. The van der Waals surface area contributed by atoms with Crippen molar-refractivity contribution in [2.75, 3.05) is 0 Å². The lowest BCUT2D eigenvalue weighted by Gasteiger charge is -1.99. The molecule has 0 radical (unpaired) electrons. The minimum absolute atomic E-state index is 0.399. The Balaban J connectivity index is 2.44. The van der Waals surface area contributed by atoms with Crippen LogP contribution in [0.3, 0.4) is 0 Å². The molecule has 0 spiro atoms. The third-order valence-corrected chi connectivity index (χ3v) is 2.39. The quantitative estimate of drug-likeness (QED) is 0.715. The largest absolute Gasteiger partial charge is 0.359 e. The first-order valence-corrected chi connectivity index (χ1v) is 5.08. The predicted molar refractivity (Wildman–Crippen MR) is 54.1 cm³/mol. The van der Waals surface area contributed by atoms with Crippen LogP contribution in [0.25, 0.3) is 11.2 Å². The van der Waals surface area contributed by atoms with Crippen LogP contribution in [0.15, 0.2) is 10.7 Å². The highest BCUT2D eigenvalue weighted by atomic mass is 16.8. The van der Waals surface area contributed by atoms with Crippen LogP contribution >= 0.6 is 0 Å². The van der Waals surface area contributed by atoms with Gasteiger partial charge in [-0.15, -0.1) is 0 Å². The van der Waals surface area contributed by atoms with E-state index in [2.05, 4.69) is 21.7 Å². The van der Waals surface area contributed by atoms with Crippen molar-refractivity contribution in [3.05, 3.63) is 22.5 Å². The standard InChI is InChI=1S/C10H13N3O2/c1-3-4-5-8-6-7(2)9-10(11-8)12-15-13(9)14/h6H,3-5H2,1-2H3. The summed E-state index contributed by atoms with van der Waals surface area (Å²) in [6, 6.07) is 1.92. The molecule has 0 aromatic carbocycles. The summed E-state index contributed by atoms with van der Waals surface area (Å²) in [6.45, 7) is 4.00. The van der Waals surface area contributed by atoms with Crippen LogP contribution in [-0.2, 0) is 6.42 Å². The molecule has 2 heterocycles. The van der Waals surface area contributed by atoms with Gasteiger partial charge in [0.05, 0.1) is 5.16 Å². The maximum atomic E-state index is 11.2. The number of hydrogen-bond acceptors (Lipinski definition) is 4. The Bertz CT molecular complexity index is 479. The normalized spacial score (nSPS) is 11.1. The maximum Gasteiger partial charge on any atom is 0.341 e. The van der Waals surface area contributed by atoms with E-state index in [0.29, 0.717) is 16.1 Å². The van der Waals surface area contributed by atoms with Gasteiger partial charge in [0, 0.05) is 11.3 Å². The highest BCUT2D eigenvalue weighted by molar-refractivity contribution is 5.69. The van der Waals surface area contributed by atoms with Gasteiger partial charge in [0.15, 0.2) is 0 Å². The van der Waals surface area contributed by atoms with Crippen molar-refractivity contribution >= 4 is 11.2 Å². The van der Waals surface area contributed by atoms with Crippen LogP contribution in [-0.4, -0.2) is 10.1 Å². The first kappa shape index (κ1) is 9.89. The van der Waals surface area contributed by atoms with Crippen LogP contribution in [0, 0.1) is 12.1 Å². The summed E-state index contributed by atoms with van der Waals surface area (Å²) in [5, 5.41) is 14.8. The zero-order valence-electron chi connectivity index (χ0n) is 8.86. The third kappa shape index (κ3) is 1.77. The van der Waals surface area contributed by atoms with Crippen molar-refractivity contribution in [1.82, 2.24) is 10.1 Å². The number of rotatable bonds is 3. The van der Waals surface area contributed by atoms with Gasteiger partial charge in [0.25, 0.3) is 0 Å². The van der Waals surface area contributed by atoms with Gasteiger partial charge < -0.3 is 5.21 Å². The van der Waals surface area contributed by atoms with E-state index >= 15 is 0 Å². The molecular weight excluding hydrogens is 194 g/mol. The molecule has 0 N–H and O–H groups in total. The Kier molecular flexibility index (Phi) is 2.53. The molecule has 80 valence electrons. The summed E-state index contributed by atoms with van der Waals surface area (Å²) in [7, 11) is 0. The van der Waals surface area contributed by atoms with E-state index in [4.69, 9.17) is 0 Å². The number of nitrogens with zero attached hydrogens (tertiary/aromatic N) is 3. The average molecular weight is 207 g/mol. The Morgan fingerprint density at radius 2 is 2.33 bits per heavy atom. The van der Waals surface area contributed by atoms with Crippen molar-refractivity contribution in [2.24, 2.45) is 0 Å². The van der Waals surface area contributed by atoms with Gasteiger partial charge in [-0.2, -0.15) is 0 Å². The minimum Gasteiger partial charge on any atom is -0.359 e. The van der Waals surface area contributed by atoms with Crippen molar-refractivity contribution in [2.45, 2.75) is 33.1 Å². The van der Waals surface area contributed by atoms with Crippen molar-refractivity contribution in [3.8, 4) is 0 Å². The van der Waals surface area contributed by atoms with Crippen molar-refractivity contribution < 1.29 is 9.53 Å². The van der Waals surface area contributed by atoms with E-state index in [1.807, 2.05) is 13.0 Å². The molecule has 0 aliphatic rings. The second kappa shape index (κ2) is 3.84. The molecule has 0 saturated carbocycles. The molecule has 2 rings (SSSR count). The molecule has 0 fully saturated rings. The average Bonchev–Trinajstić information content (AvgIpc) is 2.58. The van der Waals surface area contributed by atoms with Crippen LogP contribution in [0.5, 0.6) is 0 Å². The first-order chi connectivity index (χ1) is 7.22. The van der Waals surface area contributed by atoms with E-state index in [9.17, 15) is 5.21 Å². The van der Waals surface area contributed by atoms with Crippen molar-refractivity contribution in [1.29, 1.82) is 0 Å². The molecule has 0 atom stereocenters. The van der Waals surface area contributed by atoms with E-state index in [-0.39, 0.29) is 0 Å². The minimum atomic E-state index is 0.399. The van der Waals surface area contributed by atoms with Crippen LogP contribution in [0.1, 0.15) is 31.0 Å². The summed E-state index contributed by atoms with van der Waals surface area (Å²) >= 11 is 0. The fourth-order valence-corrected chi connectivity index (χ4v) is 1.61. The molecule has 0 bridgehead atoms. The van der Waals surface area contributed by atoms with Gasteiger partial charge in [-0.1, -0.05) is 13.3 Å². The Morgan fingerprint density at radius 1 is 1.53 bits per heavy atom. The Morgan fingerprint density at radius 3 is 3.07 bits per heavy atom. The lowest BCUT2D eigenvalue weighted by atomic mass is 10.1. The highest BCUT2D eigenvalue weighted by Crippen LogP contribution is 2.13. The molecule has 2 aromatic rings.